The quantitative estimate of drug-likeness (QED) is 0.0605. The summed E-state index contributed by atoms with van der Waals surface area (Å²) in [5.74, 6) is -0.600. The van der Waals surface area contributed by atoms with Gasteiger partial charge in [0.25, 0.3) is 5.60 Å². The van der Waals surface area contributed by atoms with Gasteiger partial charge in [0, 0.05) is 35.7 Å². The summed E-state index contributed by atoms with van der Waals surface area (Å²) in [5.41, 5.74) is 0.368. The zero-order valence-electron chi connectivity index (χ0n) is 31.3. The number of esters is 1. The fourth-order valence-electron chi connectivity index (χ4n) is 9.64. The number of aromatic nitrogens is 1. The first kappa shape index (κ1) is 37.4. The van der Waals surface area contributed by atoms with Crippen molar-refractivity contribution in [3.05, 3.63) is 94.2 Å². The molecule has 10 nitrogen and oxygen atoms in total. The number of ketones is 2. The van der Waals surface area contributed by atoms with Crippen LogP contribution in [0.3, 0.4) is 0 Å². The molecule has 1 aromatic heterocycles. The number of likely N-dealkylation sites (N-methyl/N-ethyl adjacent to an activating group) is 1. The van der Waals surface area contributed by atoms with Crippen molar-refractivity contribution in [1.82, 2.24) is 15.6 Å². The van der Waals surface area contributed by atoms with Crippen LogP contribution in [0.1, 0.15) is 104 Å². The number of fused-ring (bicyclic) bond motifs is 3. The zero-order chi connectivity index (χ0) is 37.2. The maximum absolute atomic E-state index is 14.5. The summed E-state index contributed by atoms with van der Waals surface area (Å²) in [4.78, 5) is 47.7. The van der Waals surface area contributed by atoms with E-state index in [1.807, 2.05) is 20.2 Å². The minimum absolute atomic E-state index is 0.00865. The highest BCUT2D eigenvalue weighted by molar-refractivity contribution is 6.32. The lowest BCUT2D eigenvalue weighted by atomic mass is 9.65. The second-order valence-electron chi connectivity index (χ2n) is 15.7. The predicted molar refractivity (Wildman–Crippen MR) is 204 cm³/mol. The molecule has 7 rings (SSSR count). The lowest BCUT2D eigenvalue weighted by Gasteiger charge is -2.39. The molecule has 5 unspecified atom stereocenters. The smallest absolute Gasteiger partial charge is 0.350 e. The van der Waals surface area contributed by atoms with Crippen LogP contribution >= 0.6 is 0 Å². The fraction of sp³-hybridized carbons (Fsp3) is 0.535. The number of ether oxygens (including phenoxy) is 2. The van der Waals surface area contributed by atoms with Gasteiger partial charge in [0.05, 0.1) is 19.9 Å². The first-order valence-corrected chi connectivity index (χ1v) is 19.5. The molecule has 5 atom stereocenters. The van der Waals surface area contributed by atoms with Gasteiger partial charge in [0.15, 0.2) is 11.4 Å². The minimum atomic E-state index is -2.10. The Morgan fingerprint density at radius 2 is 1.85 bits per heavy atom. The van der Waals surface area contributed by atoms with Gasteiger partial charge in [-0.05, 0) is 99.2 Å². The molecule has 2 heterocycles. The van der Waals surface area contributed by atoms with Crippen molar-refractivity contribution in [2.75, 3.05) is 38.8 Å². The number of Topliss-reactive ketones (excluding diaryl/α,β-unsaturated/α-hetero) is 2. The molecule has 2 aromatic rings. The molecule has 10 heteroatoms. The monoisotopic (exact) mass is 722 g/mol. The Balaban J connectivity index is 1.18. The average molecular weight is 723 g/mol. The Kier molecular flexibility index (Phi) is 10.9. The lowest BCUT2D eigenvalue weighted by molar-refractivity contribution is -0.150. The molecule has 282 valence electrons. The highest BCUT2D eigenvalue weighted by Gasteiger charge is 2.85. The summed E-state index contributed by atoms with van der Waals surface area (Å²) >= 11 is 0. The number of hydrogen-bond donors (Lipinski definition) is 4. The molecule has 53 heavy (non-hydrogen) atoms. The summed E-state index contributed by atoms with van der Waals surface area (Å²) in [6.45, 7) is 5.18. The third-order valence-electron chi connectivity index (χ3n) is 12.5. The van der Waals surface area contributed by atoms with E-state index < -0.39 is 28.7 Å². The molecule has 0 bridgehead atoms. The molecule has 5 aliphatic rings. The molecule has 2 fully saturated rings. The summed E-state index contributed by atoms with van der Waals surface area (Å²) in [5, 5.41) is 20.9. The van der Waals surface area contributed by atoms with Gasteiger partial charge in [0.1, 0.15) is 5.82 Å². The van der Waals surface area contributed by atoms with Gasteiger partial charge in [-0.2, -0.15) is 0 Å². The van der Waals surface area contributed by atoms with Crippen LogP contribution in [0.25, 0.3) is 0 Å². The number of nitrogens with zero attached hydrogens (tertiary/aromatic N) is 1. The second kappa shape index (κ2) is 15.4. The van der Waals surface area contributed by atoms with E-state index >= 15 is 0 Å². The summed E-state index contributed by atoms with van der Waals surface area (Å²) in [6, 6.07) is 10.8. The molecule has 1 saturated heterocycles. The van der Waals surface area contributed by atoms with Crippen molar-refractivity contribution in [3.63, 3.8) is 0 Å². The van der Waals surface area contributed by atoms with Gasteiger partial charge in [-0.15, -0.1) is 0 Å². The Hall–Kier alpha value is -3.96. The molecular formula is C43H54N4O6. The number of nitrogens with one attached hydrogen (secondary N) is 3. The van der Waals surface area contributed by atoms with Crippen LogP contribution in [0.5, 0.6) is 0 Å². The molecule has 4 aliphatic carbocycles. The van der Waals surface area contributed by atoms with Crippen molar-refractivity contribution >= 4 is 23.4 Å². The van der Waals surface area contributed by atoms with E-state index in [4.69, 9.17) is 9.47 Å². The van der Waals surface area contributed by atoms with Crippen molar-refractivity contribution in [3.8, 4) is 0 Å². The van der Waals surface area contributed by atoms with Crippen molar-refractivity contribution < 1.29 is 29.0 Å². The van der Waals surface area contributed by atoms with Gasteiger partial charge in [-0.1, -0.05) is 74.3 Å². The number of aliphatic hydroxyl groups excluding tert-OH is 1. The van der Waals surface area contributed by atoms with E-state index in [0.29, 0.717) is 24.6 Å². The topological polar surface area (TPSA) is 142 Å². The van der Waals surface area contributed by atoms with Crippen LogP contribution in [-0.2, 0) is 19.7 Å². The lowest BCUT2D eigenvalue weighted by Crippen LogP contribution is -2.51. The first-order valence-electron chi connectivity index (χ1n) is 19.5. The Bertz CT molecular complexity index is 1830. The number of epoxide rings is 1. The largest absolute Gasteiger partial charge is 0.463 e. The van der Waals surface area contributed by atoms with E-state index in [2.05, 4.69) is 58.2 Å². The number of benzene rings is 1. The molecular weight excluding hydrogens is 668 g/mol. The number of carbonyl (C=O) groups excluding carboxylic acids is 3. The number of anilines is 1. The normalized spacial score (nSPS) is 28.9. The van der Waals surface area contributed by atoms with Gasteiger partial charge in [-0.3, -0.25) is 9.59 Å². The first-order chi connectivity index (χ1) is 25.7. The van der Waals surface area contributed by atoms with Crippen LogP contribution in [-0.4, -0.2) is 78.3 Å². The zero-order valence-corrected chi connectivity index (χ0v) is 31.3. The molecule has 1 saturated carbocycles. The number of rotatable bonds is 14. The molecule has 4 N–H and O–H groups in total. The van der Waals surface area contributed by atoms with Crippen molar-refractivity contribution in [1.29, 1.82) is 0 Å². The van der Waals surface area contributed by atoms with E-state index in [1.54, 1.807) is 24.3 Å². The molecule has 0 amide bonds. The second-order valence-corrected chi connectivity index (χ2v) is 15.7. The van der Waals surface area contributed by atoms with Gasteiger partial charge in [-0.25, -0.2) is 9.78 Å². The van der Waals surface area contributed by atoms with Gasteiger partial charge < -0.3 is 30.5 Å². The number of carbonyl (C=O) groups is 3. The van der Waals surface area contributed by atoms with Crippen LogP contribution < -0.4 is 16.0 Å². The third-order valence-corrected chi connectivity index (χ3v) is 12.5. The predicted octanol–water partition coefficient (Wildman–Crippen LogP) is 5.98. The SMILES string of the molecule is CCNC1C=C2C=CCCC2CC1COC(=O)C12OC1(CC(CO)=C(C)CC1(c3ccnc(NCNC)c3)CCCCC1)C(=O)c1ccccc1C2=O. The van der Waals surface area contributed by atoms with Crippen molar-refractivity contribution in [2.45, 2.75) is 101 Å². The summed E-state index contributed by atoms with van der Waals surface area (Å²) in [7, 11) is 1.88. The standard InChI is InChI=1S/C43H54N4O6/c1-4-45-36-21-30-13-7-6-12-29(30)20-31(36)26-52-40(51)43-39(50)35-15-9-8-14-34(35)38(49)42(43,53-43)24-32(25-48)28(2)23-41(17-10-5-11-18-41)33-16-19-46-37(22-33)47-27-44-3/h7-9,13-16,19,21-22,29,31,36,44-45,48H,4-6,10-12,17-18,20,23-27H2,1-3H3,(H,46,47). The maximum Gasteiger partial charge on any atom is 0.350 e. The van der Waals surface area contributed by atoms with E-state index in [-0.39, 0.29) is 48.1 Å². The van der Waals surface area contributed by atoms with E-state index in [9.17, 15) is 19.5 Å². The summed E-state index contributed by atoms with van der Waals surface area (Å²) < 4.78 is 12.4. The number of aliphatic hydroxyl groups is 1. The fourth-order valence-corrected chi connectivity index (χ4v) is 9.64. The van der Waals surface area contributed by atoms with Crippen LogP contribution in [0.4, 0.5) is 5.82 Å². The number of pyridine rings is 1. The highest BCUT2D eigenvalue weighted by Crippen LogP contribution is 2.60. The number of hydrogen-bond acceptors (Lipinski definition) is 10. The Morgan fingerprint density at radius 1 is 1.08 bits per heavy atom. The van der Waals surface area contributed by atoms with Crippen LogP contribution in [0, 0.1) is 11.8 Å². The molecule has 1 aliphatic heterocycles. The maximum atomic E-state index is 14.5. The number of allylic oxidation sites excluding steroid dienone is 4. The van der Waals surface area contributed by atoms with E-state index in [1.165, 1.54) is 11.1 Å². The van der Waals surface area contributed by atoms with Crippen LogP contribution in [0.15, 0.2) is 77.5 Å². The molecule has 1 aromatic carbocycles. The molecule has 0 spiro atoms. The summed E-state index contributed by atoms with van der Waals surface area (Å²) in [6.07, 6.45) is 17.3. The van der Waals surface area contributed by atoms with Crippen LogP contribution in [0.2, 0.25) is 0 Å². The van der Waals surface area contributed by atoms with Gasteiger partial charge in [0.2, 0.25) is 5.78 Å². The highest BCUT2D eigenvalue weighted by atomic mass is 16.7. The Morgan fingerprint density at radius 3 is 2.58 bits per heavy atom. The van der Waals surface area contributed by atoms with Gasteiger partial charge >= 0.3 is 5.97 Å². The molecule has 0 radical (unpaired) electrons. The minimum Gasteiger partial charge on any atom is -0.463 e. The van der Waals surface area contributed by atoms with E-state index in [0.717, 1.165) is 69.3 Å². The average Bonchev–Trinajstić information content (AvgIpc) is 3.89. The third kappa shape index (κ3) is 6.73. The van der Waals surface area contributed by atoms with Crippen molar-refractivity contribution in [2.24, 2.45) is 11.8 Å². The Labute approximate surface area is 312 Å².